The van der Waals surface area contributed by atoms with Gasteiger partial charge in [0.25, 0.3) is 0 Å². The molecule has 0 saturated carbocycles. The number of hydrogen-bond acceptors (Lipinski definition) is 5. The van der Waals surface area contributed by atoms with Gasteiger partial charge in [-0.3, -0.25) is 4.98 Å². The van der Waals surface area contributed by atoms with E-state index in [1.165, 1.54) is 7.11 Å². The van der Waals surface area contributed by atoms with Crippen molar-refractivity contribution in [2.45, 2.75) is 19.4 Å². The number of benzene rings is 1. The Labute approximate surface area is 129 Å². The third-order valence-corrected chi connectivity index (χ3v) is 4.04. The van der Waals surface area contributed by atoms with E-state index in [1.54, 1.807) is 12.3 Å². The number of methoxy groups -OCH3 is 1. The van der Waals surface area contributed by atoms with Crippen molar-refractivity contribution in [3.8, 4) is 0 Å². The molecule has 1 aliphatic heterocycles. The van der Waals surface area contributed by atoms with Gasteiger partial charge in [0.05, 0.1) is 24.8 Å². The Bertz CT molecular complexity index is 687. The molecule has 1 fully saturated rings. The van der Waals surface area contributed by atoms with Crippen LogP contribution in [0.2, 0.25) is 0 Å². The van der Waals surface area contributed by atoms with Gasteiger partial charge in [-0.05, 0) is 37.6 Å². The Morgan fingerprint density at radius 2 is 2.27 bits per heavy atom. The maximum absolute atomic E-state index is 12.0. The summed E-state index contributed by atoms with van der Waals surface area (Å²) in [6.45, 7) is 4.61. The molecular weight excluding hydrogens is 280 g/mol. The van der Waals surface area contributed by atoms with Crippen LogP contribution in [0.25, 0.3) is 10.9 Å². The number of nitrogens with zero attached hydrogens (tertiary/aromatic N) is 2. The number of ether oxygens (including phenoxy) is 2. The molecule has 0 N–H and O–H groups in total. The van der Waals surface area contributed by atoms with Crippen molar-refractivity contribution in [1.82, 2.24) is 4.98 Å². The largest absolute Gasteiger partial charge is 0.465 e. The maximum Gasteiger partial charge on any atom is 0.338 e. The third-order valence-electron chi connectivity index (χ3n) is 4.04. The number of carbonyl (C=O) groups is 1. The van der Waals surface area contributed by atoms with Crippen molar-refractivity contribution in [3.63, 3.8) is 0 Å². The smallest absolute Gasteiger partial charge is 0.338 e. The Hall–Kier alpha value is -2.14. The van der Waals surface area contributed by atoms with Crippen molar-refractivity contribution in [2.75, 3.05) is 31.8 Å². The van der Waals surface area contributed by atoms with Crippen LogP contribution in [-0.2, 0) is 9.47 Å². The number of anilines is 1. The van der Waals surface area contributed by atoms with Crippen LogP contribution >= 0.6 is 0 Å². The number of esters is 1. The molecule has 116 valence electrons. The summed E-state index contributed by atoms with van der Waals surface area (Å²) in [5.74, 6) is -0.336. The van der Waals surface area contributed by atoms with Crippen molar-refractivity contribution in [2.24, 2.45) is 0 Å². The lowest BCUT2D eigenvalue weighted by molar-refractivity contribution is 0.0603. The van der Waals surface area contributed by atoms with E-state index >= 15 is 0 Å². The fourth-order valence-electron chi connectivity index (χ4n) is 2.89. The van der Waals surface area contributed by atoms with Gasteiger partial charge in [-0.25, -0.2) is 4.79 Å². The molecule has 3 rings (SSSR count). The van der Waals surface area contributed by atoms with Crippen LogP contribution in [0.15, 0.2) is 30.5 Å². The predicted molar refractivity (Wildman–Crippen MR) is 85.3 cm³/mol. The summed E-state index contributed by atoms with van der Waals surface area (Å²) < 4.78 is 10.5. The maximum atomic E-state index is 12.0. The first kappa shape index (κ1) is 14.8. The van der Waals surface area contributed by atoms with Gasteiger partial charge in [0.1, 0.15) is 0 Å². The van der Waals surface area contributed by atoms with E-state index in [2.05, 4.69) is 22.9 Å². The van der Waals surface area contributed by atoms with Crippen molar-refractivity contribution >= 4 is 22.6 Å². The molecule has 1 unspecified atom stereocenters. The highest BCUT2D eigenvalue weighted by Gasteiger charge is 2.19. The van der Waals surface area contributed by atoms with E-state index < -0.39 is 0 Å². The molecule has 1 saturated heterocycles. The Morgan fingerprint density at radius 3 is 3.09 bits per heavy atom. The van der Waals surface area contributed by atoms with Crippen LogP contribution in [0.5, 0.6) is 0 Å². The Morgan fingerprint density at radius 1 is 1.41 bits per heavy atom. The molecule has 1 atom stereocenters. The molecule has 5 nitrogen and oxygen atoms in total. The minimum atomic E-state index is -0.336. The summed E-state index contributed by atoms with van der Waals surface area (Å²) in [4.78, 5) is 18.6. The molecule has 1 aliphatic rings. The summed E-state index contributed by atoms with van der Waals surface area (Å²) in [6.07, 6.45) is 2.63. The van der Waals surface area contributed by atoms with Crippen molar-refractivity contribution < 1.29 is 14.3 Å². The lowest BCUT2D eigenvalue weighted by Crippen LogP contribution is -2.35. The van der Waals surface area contributed by atoms with Gasteiger partial charge in [-0.15, -0.1) is 0 Å². The number of fused-ring (bicyclic) bond motifs is 1. The third kappa shape index (κ3) is 2.76. The fraction of sp³-hybridized carbons (Fsp3) is 0.412. The van der Waals surface area contributed by atoms with E-state index in [4.69, 9.17) is 9.47 Å². The van der Waals surface area contributed by atoms with Crippen LogP contribution in [0.4, 0.5) is 5.69 Å². The molecule has 0 radical (unpaired) electrons. The van der Waals surface area contributed by atoms with Crippen LogP contribution in [-0.4, -0.2) is 43.9 Å². The summed E-state index contributed by atoms with van der Waals surface area (Å²) in [7, 11) is 1.40. The summed E-state index contributed by atoms with van der Waals surface area (Å²) >= 11 is 0. The summed E-state index contributed by atoms with van der Waals surface area (Å²) in [5, 5.41) is 0.823. The van der Waals surface area contributed by atoms with E-state index in [9.17, 15) is 4.79 Å². The molecule has 0 spiro atoms. The number of pyridine rings is 1. The lowest BCUT2D eigenvalue weighted by Gasteiger charge is -2.29. The van der Waals surface area contributed by atoms with Gasteiger partial charge in [0.15, 0.2) is 0 Å². The average molecular weight is 300 g/mol. The van der Waals surface area contributed by atoms with Gasteiger partial charge < -0.3 is 14.4 Å². The topological polar surface area (TPSA) is 51.7 Å². The molecule has 2 aromatic rings. The first-order valence-electron chi connectivity index (χ1n) is 7.52. The normalized spacial score (nSPS) is 19.0. The lowest BCUT2D eigenvalue weighted by atomic mass is 10.1. The number of carbonyl (C=O) groups excluding carboxylic acids is 1. The van der Waals surface area contributed by atoms with Crippen LogP contribution in [0.1, 0.15) is 23.7 Å². The summed E-state index contributed by atoms with van der Waals surface area (Å²) in [6, 6.07) is 8.04. The van der Waals surface area contributed by atoms with Gasteiger partial charge in [0.2, 0.25) is 0 Å². The predicted octanol–water partition coefficient (Wildman–Crippen LogP) is 2.64. The SMILES string of the molecule is COC(=O)c1ccnc2ccc(N3CCCOCC3C)cc12. The first-order chi connectivity index (χ1) is 10.7. The van der Waals surface area contributed by atoms with E-state index in [1.807, 2.05) is 12.1 Å². The van der Waals surface area contributed by atoms with Crippen molar-refractivity contribution in [3.05, 3.63) is 36.0 Å². The highest BCUT2D eigenvalue weighted by atomic mass is 16.5. The van der Waals surface area contributed by atoms with E-state index in [0.717, 1.165) is 42.8 Å². The number of aromatic nitrogens is 1. The minimum Gasteiger partial charge on any atom is -0.465 e. The van der Waals surface area contributed by atoms with Crippen LogP contribution < -0.4 is 4.90 Å². The molecule has 1 aromatic carbocycles. The van der Waals surface area contributed by atoms with Gasteiger partial charge >= 0.3 is 5.97 Å². The molecule has 5 heteroatoms. The van der Waals surface area contributed by atoms with Gasteiger partial charge in [0, 0.05) is 36.5 Å². The molecule has 0 amide bonds. The second-order valence-corrected chi connectivity index (χ2v) is 5.52. The zero-order valence-electron chi connectivity index (χ0n) is 12.9. The molecule has 2 heterocycles. The molecule has 22 heavy (non-hydrogen) atoms. The summed E-state index contributed by atoms with van der Waals surface area (Å²) in [5.41, 5.74) is 2.43. The zero-order valence-corrected chi connectivity index (χ0v) is 12.9. The number of hydrogen-bond donors (Lipinski definition) is 0. The second kappa shape index (κ2) is 6.32. The van der Waals surface area contributed by atoms with Crippen LogP contribution in [0, 0.1) is 0 Å². The fourth-order valence-corrected chi connectivity index (χ4v) is 2.89. The van der Waals surface area contributed by atoms with Crippen molar-refractivity contribution in [1.29, 1.82) is 0 Å². The highest BCUT2D eigenvalue weighted by Crippen LogP contribution is 2.26. The minimum absolute atomic E-state index is 0.304. The molecular formula is C17H20N2O3. The molecule has 1 aromatic heterocycles. The quantitative estimate of drug-likeness (QED) is 0.798. The van der Waals surface area contributed by atoms with E-state index in [0.29, 0.717) is 11.6 Å². The van der Waals surface area contributed by atoms with Gasteiger partial charge in [-0.1, -0.05) is 0 Å². The standard InChI is InChI=1S/C17H20N2O3/c1-12-11-22-9-3-8-19(12)13-4-5-16-15(10-13)14(6-7-18-16)17(20)21-2/h4-7,10,12H,3,8-9,11H2,1-2H3. The average Bonchev–Trinajstić information content (AvgIpc) is 2.77. The van der Waals surface area contributed by atoms with Crippen LogP contribution in [0.3, 0.4) is 0 Å². The molecule has 0 aliphatic carbocycles. The Kier molecular flexibility index (Phi) is 4.24. The van der Waals surface area contributed by atoms with E-state index in [-0.39, 0.29) is 5.97 Å². The number of rotatable bonds is 2. The first-order valence-corrected chi connectivity index (χ1v) is 7.52. The monoisotopic (exact) mass is 300 g/mol. The Balaban J connectivity index is 2.06. The van der Waals surface area contributed by atoms with Gasteiger partial charge in [-0.2, -0.15) is 0 Å². The second-order valence-electron chi connectivity index (χ2n) is 5.52. The highest BCUT2D eigenvalue weighted by molar-refractivity contribution is 6.04. The molecule has 0 bridgehead atoms. The zero-order chi connectivity index (χ0) is 15.5.